The Morgan fingerprint density at radius 2 is 1.96 bits per heavy atom. The van der Waals surface area contributed by atoms with Crippen molar-refractivity contribution in [2.75, 3.05) is 19.9 Å². The Morgan fingerprint density at radius 3 is 2.43 bits per heavy atom. The SMILES string of the molecule is CCNC(=O)N(Cc1ccc(OC)c(OS(C)(=O)=O)c1)C(C)C. The van der Waals surface area contributed by atoms with Gasteiger partial charge in [-0.25, -0.2) is 4.79 Å². The lowest BCUT2D eigenvalue weighted by molar-refractivity contribution is 0.180. The number of nitrogens with zero attached hydrogens (tertiary/aromatic N) is 1. The zero-order chi connectivity index (χ0) is 17.6. The van der Waals surface area contributed by atoms with E-state index in [9.17, 15) is 13.2 Å². The second kappa shape index (κ2) is 8.05. The molecule has 2 amide bonds. The van der Waals surface area contributed by atoms with E-state index in [2.05, 4.69) is 5.32 Å². The molecule has 0 aromatic heterocycles. The molecule has 0 saturated heterocycles. The number of hydrogen-bond donors (Lipinski definition) is 1. The van der Waals surface area contributed by atoms with Crippen LogP contribution in [0.3, 0.4) is 0 Å². The van der Waals surface area contributed by atoms with Gasteiger partial charge in [-0.2, -0.15) is 8.42 Å². The van der Waals surface area contributed by atoms with Gasteiger partial charge in [-0.3, -0.25) is 0 Å². The molecule has 0 radical (unpaired) electrons. The Bertz CT molecular complexity index is 643. The lowest BCUT2D eigenvalue weighted by Gasteiger charge is -2.27. The summed E-state index contributed by atoms with van der Waals surface area (Å²) >= 11 is 0. The number of urea groups is 1. The normalized spacial score (nSPS) is 11.2. The van der Waals surface area contributed by atoms with E-state index < -0.39 is 10.1 Å². The molecule has 0 spiro atoms. The predicted molar refractivity (Wildman–Crippen MR) is 88.2 cm³/mol. The number of nitrogens with one attached hydrogen (secondary N) is 1. The molecule has 0 aliphatic heterocycles. The Morgan fingerprint density at radius 1 is 1.30 bits per heavy atom. The van der Waals surface area contributed by atoms with Gasteiger partial charge in [0.1, 0.15) is 0 Å². The van der Waals surface area contributed by atoms with Crippen molar-refractivity contribution in [3.05, 3.63) is 23.8 Å². The van der Waals surface area contributed by atoms with Crippen molar-refractivity contribution in [2.45, 2.75) is 33.4 Å². The monoisotopic (exact) mass is 344 g/mol. The van der Waals surface area contributed by atoms with E-state index in [0.717, 1.165) is 11.8 Å². The number of ether oxygens (including phenoxy) is 1. The first-order valence-electron chi connectivity index (χ1n) is 7.28. The Kier molecular flexibility index (Phi) is 6.68. The molecular formula is C15H24N2O5S. The van der Waals surface area contributed by atoms with Gasteiger partial charge < -0.3 is 19.1 Å². The molecule has 1 rings (SSSR count). The highest BCUT2D eigenvalue weighted by molar-refractivity contribution is 7.86. The average Bonchev–Trinajstić information content (AvgIpc) is 2.43. The van der Waals surface area contributed by atoms with E-state index in [1.807, 2.05) is 20.8 Å². The van der Waals surface area contributed by atoms with Crippen LogP contribution in [-0.4, -0.2) is 45.3 Å². The first-order chi connectivity index (χ1) is 10.7. The standard InChI is InChI=1S/C15H24N2O5S/c1-6-16-15(18)17(11(2)3)10-12-7-8-13(21-4)14(9-12)22-23(5,19)20/h7-9,11H,6,10H2,1-5H3,(H,16,18). The smallest absolute Gasteiger partial charge is 0.317 e. The van der Waals surface area contributed by atoms with E-state index in [1.165, 1.54) is 7.11 Å². The maximum atomic E-state index is 12.1. The van der Waals surface area contributed by atoms with Crippen LogP contribution < -0.4 is 14.2 Å². The summed E-state index contributed by atoms with van der Waals surface area (Å²) in [6.45, 7) is 6.53. The van der Waals surface area contributed by atoms with Crippen LogP contribution in [0.15, 0.2) is 18.2 Å². The summed E-state index contributed by atoms with van der Waals surface area (Å²) in [4.78, 5) is 13.7. The number of carbonyl (C=O) groups excluding carboxylic acids is 1. The van der Waals surface area contributed by atoms with Gasteiger partial charge in [-0.05, 0) is 38.5 Å². The molecule has 0 fully saturated rings. The molecule has 1 aromatic rings. The third-order valence-corrected chi connectivity index (χ3v) is 3.52. The highest BCUT2D eigenvalue weighted by atomic mass is 32.2. The minimum Gasteiger partial charge on any atom is -0.493 e. The summed E-state index contributed by atoms with van der Waals surface area (Å²) in [5.41, 5.74) is 0.740. The van der Waals surface area contributed by atoms with E-state index in [0.29, 0.717) is 18.8 Å². The van der Waals surface area contributed by atoms with Crippen molar-refractivity contribution >= 4 is 16.1 Å². The zero-order valence-electron chi connectivity index (χ0n) is 14.1. The summed E-state index contributed by atoms with van der Waals surface area (Å²) in [6.07, 6.45) is 0.966. The van der Waals surface area contributed by atoms with Gasteiger partial charge in [0.15, 0.2) is 11.5 Å². The molecule has 130 valence electrons. The van der Waals surface area contributed by atoms with Gasteiger partial charge in [0.25, 0.3) is 0 Å². The molecular weight excluding hydrogens is 320 g/mol. The Hall–Kier alpha value is -1.96. The van der Waals surface area contributed by atoms with Crippen LogP contribution >= 0.6 is 0 Å². The highest BCUT2D eigenvalue weighted by Crippen LogP contribution is 2.29. The summed E-state index contributed by atoms with van der Waals surface area (Å²) < 4.78 is 32.7. The lowest BCUT2D eigenvalue weighted by Crippen LogP contribution is -2.43. The van der Waals surface area contributed by atoms with Crippen LogP contribution in [0.25, 0.3) is 0 Å². The molecule has 0 bridgehead atoms. The molecule has 7 nitrogen and oxygen atoms in total. The fourth-order valence-electron chi connectivity index (χ4n) is 1.99. The predicted octanol–water partition coefficient (Wildman–Crippen LogP) is 1.97. The molecule has 0 atom stereocenters. The molecule has 0 heterocycles. The van der Waals surface area contributed by atoms with Crippen LogP contribution in [0.2, 0.25) is 0 Å². The average molecular weight is 344 g/mol. The second-order valence-electron chi connectivity index (χ2n) is 5.33. The van der Waals surface area contributed by atoms with Crippen molar-refractivity contribution in [1.29, 1.82) is 0 Å². The highest BCUT2D eigenvalue weighted by Gasteiger charge is 2.18. The summed E-state index contributed by atoms with van der Waals surface area (Å²) in [5.74, 6) is 0.417. The van der Waals surface area contributed by atoms with E-state index in [-0.39, 0.29) is 17.8 Å². The van der Waals surface area contributed by atoms with E-state index >= 15 is 0 Å². The number of benzene rings is 1. The van der Waals surface area contributed by atoms with Crippen LogP contribution in [0.1, 0.15) is 26.3 Å². The third kappa shape index (κ3) is 5.97. The summed E-state index contributed by atoms with van der Waals surface area (Å²) in [5, 5.41) is 2.76. The largest absolute Gasteiger partial charge is 0.493 e. The maximum Gasteiger partial charge on any atom is 0.317 e. The Labute approximate surface area is 137 Å². The lowest BCUT2D eigenvalue weighted by atomic mass is 10.1. The van der Waals surface area contributed by atoms with Crippen LogP contribution in [0.5, 0.6) is 11.5 Å². The van der Waals surface area contributed by atoms with E-state index in [1.54, 1.807) is 23.1 Å². The topological polar surface area (TPSA) is 84.9 Å². The van der Waals surface area contributed by atoms with Crippen molar-refractivity contribution in [2.24, 2.45) is 0 Å². The van der Waals surface area contributed by atoms with Crippen molar-refractivity contribution in [3.8, 4) is 11.5 Å². The molecule has 1 aromatic carbocycles. The number of hydrogen-bond acceptors (Lipinski definition) is 5. The summed E-state index contributed by atoms with van der Waals surface area (Å²) in [6, 6.07) is 4.76. The Balaban J connectivity index is 3.07. The minimum absolute atomic E-state index is 0.0112. The van der Waals surface area contributed by atoms with Gasteiger partial charge in [-0.15, -0.1) is 0 Å². The molecule has 0 aliphatic rings. The molecule has 0 unspecified atom stereocenters. The quantitative estimate of drug-likeness (QED) is 0.765. The number of rotatable bonds is 7. The molecule has 0 aliphatic carbocycles. The first-order valence-corrected chi connectivity index (χ1v) is 9.10. The second-order valence-corrected chi connectivity index (χ2v) is 6.90. The molecule has 0 saturated carbocycles. The summed E-state index contributed by atoms with van der Waals surface area (Å²) in [7, 11) is -2.24. The van der Waals surface area contributed by atoms with Gasteiger partial charge in [0.05, 0.1) is 13.4 Å². The van der Waals surface area contributed by atoms with E-state index in [4.69, 9.17) is 8.92 Å². The fourth-order valence-corrected chi connectivity index (χ4v) is 2.44. The molecule has 23 heavy (non-hydrogen) atoms. The number of carbonyl (C=O) groups is 1. The van der Waals surface area contributed by atoms with Gasteiger partial charge in [0, 0.05) is 19.1 Å². The molecule has 8 heteroatoms. The van der Waals surface area contributed by atoms with Crippen LogP contribution in [0.4, 0.5) is 4.79 Å². The van der Waals surface area contributed by atoms with Crippen molar-refractivity contribution in [1.82, 2.24) is 10.2 Å². The third-order valence-electron chi connectivity index (χ3n) is 3.03. The van der Waals surface area contributed by atoms with Crippen LogP contribution in [-0.2, 0) is 16.7 Å². The first kappa shape index (κ1) is 19.1. The van der Waals surface area contributed by atoms with Gasteiger partial charge in [-0.1, -0.05) is 6.07 Å². The fraction of sp³-hybridized carbons (Fsp3) is 0.533. The minimum atomic E-state index is -3.67. The zero-order valence-corrected chi connectivity index (χ0v) is 14.9. The maximum absolute atomic E-state index is 12.1. The number of amides is 2. The number of methoxy groups -OCH3 is 1. The molecule has 1 N–H and O–H groups in total. The van der Waals surface area contributed by atoms with Gasteiger partial charge in [0.2, 0.25) is 0 Å². The van der Waals surface area contributed by atoms with Crippen molar-refractivity contribution < 1.29 is 22.1 Å². The van der Waals surface area contributed by atoms with Gasteiger partial charge >= 0.3 is 16.1 Å². The van der Waals surface area contributed by atoms with Crippen LogP contribution in [0, 0.1) is 0 Å². The van der Waals surface area contributed by atoms with Crippen molar-refractivity contribution in [3.63, 3.8) is 0 Å².